The minimum atomic E-state index is -4.19. The third kappa shape index (κ3) is 8.30. The molecule has 0 radical (unpaired) electrons. The number of nitrogens with zero attached hydrogens (tertiary/aromatic N) is 2. The number of benzene rings is 3. The molecule has 3 aromatic rings. The van der Waals surface area contributed by atoms with Crippen LogP contribution in [0.1, 0.15) is 57.1 Å². The highest BCUT2D eigenvalue weighted by atomic mass is 35.5. The SMILES string of the molecule is CCOc1ccc(N(CC(=O)N(Cc2ccccc2C)[C@@H](C)C(=O)NC2CCCCC2)S(=O)(=O)c2ccc(Cl)cc2)cc1. The average Bonchev–Trinajstić information content (AvgIpc) is 3.00. The molecule has 1 fully saturated rings. The Kier molecular flexibility index (Phi) is 11.1. The topological polar surface area (TPSA) is 96.0 Å². The van der Waals surface area contributed by atoms with Crippen molar-refractivity contribution in [2.45, 2.75) is 76.4 Å². The molecule has 0 aliphatic heterocycles. The molecule has 0 saturated heterocycles. The standard InChI is InChI=1S/C33H40ClN3O5S/c1-4-42-30-18-16-29(17-19-30)37(43(40,41)31-20-14-27(34)15-21-31)23-32(38)36(22-26-11-9-8-10-24(26)2)25(3)33(39)35-28-12-6-5-7-13-28/h8-11,14-21,25,28H,4-7,12-13,22-23H2,1-3H3,(H,35,39)/t25-/m0/s1. The molecular formula is C33H40ClN3O5S. The number of amides is 2. The Morgan fingerprint density at radius 1 is 0.977 bits per heavy atom. The number of halogens is 1. The molecule has 43 heavy (non-hydrogen) atoms. The van der Waals surface area contributed by atoms with Crippen molar-refractivity contribution in [1.82, 2.24) is 10.2 Å². The summed E-state index contributed by atoms with van der Waals surface area (Å²) in [4.78, 5) is 29.1. The minimum absolute atomic E-state index is 0.00729. The van der Waals surface area contributed by atoms with E-state index in [1.165, 1.54) is 29.2 Å². The zero-order valence-electron chi connectivity index (χ0n) is 25.0. The van der Waals surface area contributed by atoms with Crippen LogP contribution in [-0.4, -0.2) is 50.4 Å². The smallest absolute Gasteiger partial charge is 0.264 e. The Morgan fingerprint density at radius 2 is 1.63 bits per heavy atom. The number of nitrogens with one attached hydrogen (secondary N) is 1. The zero-order chi connectivity index (χ0) is 31.0. The van der Waals surface area contributed by atoms with Crippen molar-refractivity contribution in [3.8, 4) is 5.75 Å². The summed E-state index contributed by atoms with van der Waals surface area (Å²) in [5.41, 5.74) is 2.14. The zero-order valence-corrected chi connectivity index (χ0v) is 26.5. The van der Waals surface area contributed by atoms with Gasteiger partial charge in [-0.1, -0.05) is 55.1 Å². The molecule has 0 spiro atoms. The van der Waals surface area contributed by atoms with Crippen LogP contribution in [0.4, 0.5) is 5.69 Å². The maximum absolute atomic E-state index is 14.2. The number of anilines is 1. The molecule has 4 rings (SSSR count). The molecule has 0 bridgehead atoms. The summed E-state index contributed by atoms with van der Waals surface area (Å²) in [6.45, 7) is 5.61. The van der Waals surface area contributed by atoms with Crippen molar-refractivity contribution in [2.24, 2.45) is 0 Å². The van der Waals surface area contributed by atoms with Crippen molar-refractivity contribution >= 4 is 39.1 Å². The van der Waals surface area contributed by atoms with Crippen LogP contribution >= 0.6 is 11.6 Å². The Bertz CT molecular complexity index is 1490. The molecular weight excluding hydrogens is 586 g/mol. The van der Waals surface area contributed by atoms with Gasteiger partial charge in [0.15, 0.2) is 0 Å². The van der Waals surface area contributed by atoms with Crippen LogP contribution in [0, 0.1) is 6.92 Å². The number of carbonyl (C=O) groups is 2. The van der Waals surface area contributed by atoms with E-state index in [9.17, 15) is 18.0 Å². The fraction of sp³-hybridized carbons (Fsp3) is 0.394. The van der Waals surface area contributed by atoms with Gasteiger partial charge in [0.25, 0.3) is 10.0 Å². The van der Waals surface area contributed by atoms with Crippen molar-refractivity contribution in [3.05, 3.63) is 88.9 Å². The Hall–Kier alpha value is -3.56. The molecule has 1 N–H and O–H groups in total. The van der Waals surface area contributed by atoms with E-state index in [1.807, 2.05) is 38.1 Å². The van der Waals surface area contributed by atoms with Gasteiger partial charge in [-0.2, -0.15) is 0 Å². The van der Waals surface area contributed by atoms with Gasteiger partial charge in [0.05, 0.1) is 17.2 Å². The van der Waals surface area contributed by atoms with E-state index >= 15 is 0 Å². The van der Waals surface area contributed by atoms with Gasteiger partial charge in [-0.25, -0.2) is 8.42 Å². The van der Waals surface area contributed by atoms with E-state index in [-0.39, 0.29) is 23.4 Å². The van der Waals surface area contributed by atoms with E-state index in [1.54, 1.807) is 31.2 Å². The largest absolute Gasteiger partial charge is 0.494 e. The highest BCUT2D eigenvalue weighted by molar-refractivity contribution is 7.92. The van der Waals surface area contributed by atoms with Crippen LogP contribution < -0.4 is 14.4 Å². The summed E-state index contributed by atoms with van der Waals surface area (Å²) in [6.07, 6.45) is 5.10. The molecule has 0 aromatic heterocycles. The number of rotatable bonds is 12. The first kappa shape index (κ1) is 32.4. The van der Waals surface area contributed by atoms with Gasteiger partial charge in [0, 0.05) is 17.6 Å². The van der Waals surface area contributed by atoms with Gasteiger partial charge in [-0.3, -0.25) is 13.9 Å². The normalized spacial score (nSPS) is 14.5. The number of hydrogen-bond donors (Lipinski definition) is 1. The van der Waals surface area contributed by atoms with Gasteiger partial charge in [0.1, 0.15) is 18.3 Å². The fourth-order valence-electron chi connectivity index (χ4n) is 5.26. The third-order valence-electron chi connectivity index (χ3n) is 7.84. The summed E-state index contributed by atoms with van der Waals surface area (Å²) in [5, 5.41) is 3.52. The average molecular weight is 626 g/mol. The van der Waals surface area contributed by atoms with Gasteiger partial charge >= 0.3 is 0 Å². The van der Waals surface area contributed by atoms with Crippen LogP contribution in [0.5, 0.6) is 5.75 Å². The highest BCUT2D eigenvalue weighted by Crippen LogP contribution is 2.28. The third-order valence-corrected chi connectivity index (χ3v) is 9.88. The molecule has 10 heteroatoms. The van der Waals surface area contributed by atoms with Crippen molar-refractivity contribution in [3.63, 3.8) is 0 Å². The van der Waals surface area contributed by atoms with Crippen LogP contribution in [0.2, 0.25) is 5.02 Å². The lowest BCUT2D eigenvalue weighted by atomic mass is 9.95. The van der Waals surface area contributed by atoms with E-state index < -0.39 is 28.5 Å². The maximum atomic E-state index is 14.2. The molecule has 1 aliphatic carbocycles. The molecule has 8 nitrogen and oxygen atoms in total. The Balaban J connectivity index is 1.68. The first-order valence-corrected chi connectivity index (χ1v) is 16.6. The van der Waals surface area contributed by atoms with E-state index in [4.69, 9.17) is 16.3 Å². The lowest BCUT2D eigenvalue weighted by Crippen LogP contribution is -2.53. The van der Waals surface area contributed by atoms with Gasteiger partial charge < -0.3 is 15.0 Å². The summed E-state index contributed by atoms with van der Waals surface area (Å²) in [7, 11) is -4.19. The molecule has 1 atom stereocenters. The number of carbonyl (C=O) groups excluding carboxylic acids is 2. The molecule has 1 saturated carbocycles. The molecule has 230 valence electrons. The number of hydrogen-bond acceptors (Lipinski definition) is 5. The molecule has 1 aliphatic rings. The van der Waals surface area contributed by atoms with E-state index in [2.05, 4.69) is 5.32 Å². The van der Waals surface area contributed by atoms with Gasteiger partial charge in [0.2, 0.25) is 11.8 Å². The van der Waals surface area contributed by atoms with Crippen molar-refractivity contribution in [1.29, 1.82) is 0 Å². The van der Waals surface area contributed by atoms with Gasteiger partial charge in [-0.15, -0.1) is 0 Å². The van der Waals surface area contributed by atoms with E-state index in [0.29, 0.717) is 23.1 Å². The number of ether oxygens (including phenoxy) is 1. The first-order valence-electron chi connectivity index (χ1n) is 14.8. The summed E-state index contributed by atoms with van der Waals surface area (Å²) in [5.74, 6) is -0.168. The monoisotopic (exact) mass is 625 g/mol. The fourth-order valence-corrected chi connectivity index (χ4v) is 6.80. The lowest BCUT2D eigenvalue weighted by Gasteiger charge is -2.33. The maximum Gasteiger partial charge on any atom is 0.264 e. The van der Waals surface area contributed by atoms with Crippen molar-refractivity contribution in [2.75, 3.05) is 17.5 Å². The second-order valence-electron chi connectivity index (χ2n) is 10.9. The van der Waals surface area contributed by atoms with Crippen LogP contribution in [0.25, 0.3) is 0 Å². The second-order valence-corrected chi connectivity index (χ2v) is 13.2. The Morgan fingerprint density at radius 3 is 2.26 bits per heavy atom. The Labute approximate surface area is 260 Å². The summed E-state index contributed by atoms with van der Waals surface area (Å²) in [6, 6.07) is 19.3. The second kappa shape index (κ2) is 14.8. The predicted octanol–water partition coefficient (Wildman–Crippen LogP) is 6.11. The molecule has 0 unspecified atom stereocenters. The van der Waals surface area contributed by atoms with Crippen LogP contribution in [0.15, 0.2) is 77.7 Å². The highest BCUT2D eigenvalue weighted by Gasteiger charge is 2.33. The lowest BCUT2D eigenvalue weighted by molar-refractivity contribution is -0.139. The minimum Gasteiger partial charge on any atom is -0.494 e. The predicted molar refractivity (Wildman–Crippen MR) is 170 cm³/mol. The van der Waals surface area contributed by atoms with Crippen LogP contribution in [0.3, 0.4) is 0 Å². The number of sulfonamides is 1. The van der Waals surface area contributed by atoms with Crippen molar-refractivity contribution < 1.29 is 22.7 Å². The molecule has 0 heterocycles. The first-order chi connectivity index (χ1) is 20.6. The molecule has 2 amide bonds. The molecule has 3 aromatic carbocycles. The van der Waals surface area contributed by atoms with Crippen LogP contribution in [-0.2, 0) is 26.2 Å². The quantitative estimate of drug-likeness (QED) is 0.262. The summed E-state index contributed by atoms with van der Waals surface area (Å²) >= 11 is 6.03. The summed E-state index contributed by atoms with van der Waals surface area (Å²) < 4.78 is 34.6. The number of aryl methyl sites for hydroxylation is 1. The van der Waals surface area contributed by atoms with E-state index in [0.717, 1.165) is 47.5 Å². The van der Waals surface area contributed by atoms with Gasteiger partial charge in [-0.05, 0) is 93.3 Å².